The Hall–Kier alpha value is -0.860. The fourth-order valence-electron chi connectivity index (χ4n) is 1.99. The maximum absolute atomic E-state index is 13.3. The Balaban J connectivity index is 2.93. The van der Waals surface area contributed by atoms with E-state index < -0.39 is 55.8 Å². The number of alkyl halides is 7. The van der Waals surface area contributed by atoms with Crippen LogP contribution in [0.3, 0.4) is 0 Å². The SMILES string of the molecule is C=C(F)C(F)N1CC(C(F)(F)F)CC(C(F)(F)F)C1. The second-order valence-electron chi connectivity index (χ2n) is 4.45. The van der Waals surface area contributed by atoms with Gasteiger partial charge in [0.05, 0.1) is 11.8 Å². The molecule has 0 N–H and O–H groups in total. The predicted octanol–water partition coefficient (Wildman–Crippen LogP) is 3.83. The molecular weight excluding hydrogens is 286 g/mol. The molecule has 0 saturated carbocycles. The summed E-state index contributed by atoms with van der Waals surface area (Å²) in [5.41, 5.74) is 0. The van der Waals surface area contributed by atoms with Gasteiger partial charge in [0, 0.05) is 13.1 Å². The molecule has 1 nitrogen and oxygen atoms in total. The number of rotatable bonds is 2. The van der Waals surface area contributed by atoms with Gasteiger partial charge in [0.2, 0.25) is 6.30 Å². The molecule has 1 aliphatic heterocycles. The summed E-state index contributed by atoms with van der Waals surface area (Å²) in [6.45, 7) is 0.531. The van der Waals surface area contributed by atoms with Crippen molar-refractivity contribution in [3.63, 3.8) is 0 Å². The van der Waals surface area contributed by atoms with Crippen LogP contribution < -0.4 is 0 Å². The molecule has 1 saturated heterocycles. The number of nitrogens with zero attached hydrogens (tertiary/aromatic N) is 1. The molecular formula is C10H11F8N. The minimum absolute atomic E-state index is 0.183. The molecule has 3 atom stereocenters. The van der Waals surface area contributed by atoms with Crippen LogP contribution in [0.15, 0.2) is 12.4 Å². The lowest BCUT2D eigenvalue weighted by Gasteiger charge is -2.39. The van der Waals surface area contributed by atoms with Crippen molar-refractivity contribution in [1.29, 1.82) is 0 Å². The van der Waals surface area contributed by atoms with Crippen molar-refractivity contribution in [3.8, 4) is 0 Å². The van der Waals surface area contributed by atoms with Gasteiger partial charge in [0.1, 0.15) is 5.83 Å². The van der Waals surface area contributed by atoms with E-state index in [9.17, 15) is 35.1 Å². The van der Waals surface area contributed by atoms with Gasteiger partial charge in [-0.1, -0.05) is 6.58 Å². The molecule has 0 aromatic rings. The Bertz CT molecular complexity index is 311. The van der Waals surface area contributed by atoms with Crippen LogP contribution in [0.25, 0.3) is 0 Å². The number of halogens is 8. The minimum atomic E-state index is -4.89. The van der Waals surface area contributed by atoms with Crippen molar-refractivity contribution in [2.24, 2.45) is 11.8 Å². The lowest BCUT2D eigenvalue weighted by atomic mass is 9.88. The normalized spacial score (nSPS) is 28.2. The van der Waals surface area contributed by atoms with Crippen molar-refractivity contribution in [2.45, 2.75) is 25.1 Å². The lowest BCUT2D eigenvalue weighted by Crippen LogP contribution is -2.52. The Morgan fingerprint density at radius 2 is 1.37 bits per heavy atom. The number of hydrogen-bond donors (Lipinski definition) is 0. The van der Waals surface area contributed by atoms with Crippen molar-refractivity contribution >= 4 is 0 Å². The standard InChI is InChI=1S/C10H11F8N/c1-5(11)8(12)19-3-6(9(13,14)15)2-7(4-19)10(16,17)18/h6-8H,1-4H2. The maximum atomic E-state index is 13.3. The lowest BCUT2D eigenvalue weighted by molar-refractivity contribution is -0.236. The van der Waals surface area contributed by atoms with Crippen LogP contribution in [-0.2, 0) is 0 Å². The Kier molecular flexibility index (Phi) is 4.48. The van der Waals surface area contributed by atoms with Crippen LogP contribution in [0.4, 0.5) is 35.1 Å². The van der Waals surface area contributed by atoms with Gasteiger partial charge in [-0.05, 0) is 6.42 Å². The average molecular weight is 297 g/mol. The quantitative estimate of drug-likeness (QED) is 0.553. The van der Waals surface area contributed by atoms with Crippen molar-refractivity contribution < 1.29 is 35.1 Å². The van der Waals surface area contributed by atoms with Crippen molar-refractivity contribution in [3.05, 3.63) is 12.4 Å². The summed E-state index contributed by atoms with van der Waals surface area (Å²) in [6, 6.07) is 0. The maximum Gasteiger partial charge on any atom is 0.393 e. The minimum Gasteiger partial charge on any atom is -0.267 e. The summed E-state index contributed by atoms with van der Waals surface area (Å²) in [5.74, 6) is -6.29. The summed E-state index contributed by atoms with van der Waals surface area (Å²) >= 11 is 0. The summed E-state index contributed by atoms with van der Waals surface area (Å²) in [5, 5.41) is 0. The van der Waals surface area contributed by atoms with Gasteiger partial charge in [0.15, 0.2) is 0 Å². The van der Waals surface area contributed by atoms with E-state index in [0.717, 1.165) is 0 Å². The van der Waals surface area contributed by atoms with Gasteiger partial charge < -0.3 is 0 Å². The molecule has 0 spiro atoms. The molecule has 112 valence electrons. The molecule has 9 heteroatoms. The zero-order valence-electron chi connectivity index (χ0n) is 9.53. The number of hydrogen-bond acceptors (Lipinski definition) is 1. The van der Waals surface area contributed by atoms with E-state index in [0.29, 0.717) is 0 Å². The molecule has 1 rings (SSSR count). The van der Waals surface area contributed by atoms with E-state index >= 15 is 0 Å². The molecule has 1 aliphatic rings. The van der Waals surface area contributed by atoms with Gasteiger partial charge in [-0.15, -0.1) is 0 Å². The molecule has 1 fully saturated rings. The second-order valence-corrected chi connectivity index (χ2v) is 4.45. The van der Waals surface area contributed by atoms with Crippen LogP contribution >= 0.6 is 0 Å². The summed E-state index contributed by atoms with van der Waals surface area (Å²) in [7, 11) is 0. The monoisotopic (exact) mass is 297 g/mol. The Morgan fingerprint density at radius 1 is 1.00 bits per heavy atom. The third kappa shape index (κ3) is 4.05. The average Bonchev–Trinajstić information content (AvgIpc) is 2.24. The van der Waals surface area contributed by atoms with Crippen LogP contribution in [-0.4, -0.2) is 36.6 Å². The first kappa shape index (κ1) is 16.2. The highest BCUT2D eigenvalue weighted by atomic mass is 19.4. The van der Waals surface area contributed by atoms with E-state index in [4.69, 9.17) is 0 Å². The van der Waals surface area contributed by atoms with Crippen molar-refractivity contribution in [2.75, 3.05) is 13.1 Å². The molecule has 0 bridgehead atoms. The van der Waals surface area contributed by atoms with Gasteiger partial charge >= 0.3 is 12.4 Å². The number of likely N-dealkylation sites (tertiary alicyclic amines) is 1. The first-order valence-corrected chi connectivity index (χ1v) is 5.28. The molecule has 0 amide bonds. The first-order chi connectivity index (χ1) is 8.43. The zero-order chi connectivity index (χ0) is 15.0. The van der Waals surface area contributed by atoms with E-state index in [1.54, 1.807) is 0 Å². The van der Waals surface area contributed by atoms with Crippen LogP contribution in [0.2, 0.25) is 0 Å². The predicted molar refractivity (Wildman–Crippen MR) is 50.4 cm³/mol. The molecule has 19 heavy (non-hydrogen) atoms. The molecule has 0 aromatic heterocycles. The fraction of sp³-hybridized carbons (Fsp3) is 0.800. The van der Waals surface area contributed by atoms with Crippen LogP contribution in [0.5, 0.6) is 0 Å². The molecule has 3 unspecified atom stereocenters. The molecule has 0 aromatic carbocycles. The summed E-state index contributed by atoms with van der Waals surface area (Å²) < 4.78 is 101. The molecule has 0 aliphatic carbocycles. The molecule has 1 heterocycles. The number of piperidine rings is 1. The highest BCUT2D eigenvalue weighted by molar-refractivity contribution is 4.95. The van der Waals surface area contributed by atoms with E-state index in [1.165, 1.54) is 0 Å². The largest absolute Gasteiger partial charge is 0.393 e. The Morgan fingerprint density at radius 3 is 1.63 bits per heavy atom. The summed E-state index contributed by atoms with van der Waals surface area (Å²) in [4.78, 5) is 0.183. The highest BCUT2D eigenvalue weighted by Crippen LogP contribution is 2.42. The van der Waals surface area contributed by atoms with Crippen molar-refractivity contribution in [1.82, 2.24) is 4.90 Å². The van der Waals surface area contributed by atoms with E-state index in [1.807, 2.05) is 0 Å². The first-order valence-electron chi connectivity index (χ1n) is 5.28. The van der Waals surface area contributed by atoms with Gasteiger partial charge in [-0.25, -0.2) is 8.78 Å². The van der Waals surface area contributed by atoms with Crippen LogP contribution in [0, 0.1) is 11.8 Å². The zero-order valence-corrected chi connectivity index (χ0v) is 9.53. The molecule has 0 radical (unpaired) electrons. The fourth-order valence-corrected chi connectivity index (χ4v) is 1.99. The van der Waals surface area contributed by atoms with Gasteiger partial charge in [0.25, 0.3) is 0 Å². The topological polar surface area (TPSA) is 3.24 Å². The highest BCUT2D eigenvalue weighted by Gasteiger charge is 2.52. The van der Waals surface area contributed by atoms with Gasteiger partial charge in [-0.3, -0.25) is 4.90 Å². The van der Waals surface area contributed by atoms with Gasteiger partial charge in [-0.2, -0.15) is 26.3 Å². The van der Waals surface area contributed by atoms with E-state index in [2.05, 4.69) is 6.58 Å². The smallest absolute Gasteiger partial charge is 0.267 e. The third-order valence-electron chi connectivity index (χ3n) is 2.98. The second kappa shape index (κ2) is 5.26. The summed E-state index contributed by atoms with van der Waals surface area (Å²) in [6.07, 6.45) is -13.6. The van der Waals surface area contributed by atoms with E-state index in [-0.39, 0.29) is 4.90 Å². The Labute approximate surface area is 103 Å². The third-order valence-corrected chi connectivity index (χ3v) is 2.98. The van der Waals surface area contributed by atoms with Crippen LogP contribution in [0.1, 0.15) is 6.42 Å².